The number of hydrogen-bond donors (Lipinski definition) is 0. The number of fused-ring (bicyclic) bond motifs is 1. The predicted octanol–water partition coefficient (Wildman–Crippen LogP) is 4.92. The predicted molar refractivity (Wildman–Crippen MR) is 116 cm³/mol. The minimum absolute atomic E-state index is 0.107. The van der Waals surface area contributed by atoms with Gasteiger partial charge in [-0.25, -0.2) is 9.37 Å². The van der Waals surface area contributed by atoms with Crippen molar-refractivity contribution >= 4 is 32.6 Å². The summed E-state index contributed by atoms with van der Waals surface area (Å²) >= 11 is 1.29. The normalized spacial score (nSPS) is 10.9. The zero-order chi connectivity index (χ0) is 21.1. The molecule has 5 nitrogen and oxygen atoms in total. The first-order valence-corrected chi connectivity index (χ1v) is 10.2. The van der Waals surface area contributed by atoms with E-state index < -0.39 is 0 Å². The van der Waals surface area contributed by atoms with Crippen LogP contribution in [0.2, 0.25) is 0 Å². The van der Waals surface area contributed by atoms with Gasteiger partial charge in [-0.2, -0.15) is 0 Å². The first-order valence-electron chi connectivity index (χ1n) is 9.43. The zero-order valence-electron chi connectivity index (χ0n) is 16.6. The molecule has 2 aromatic carbocycles. The molecule has 0 unspecified atom stereocenters. The molecule has 0 N–H and O–H groups in total. The summed E-state index contributed by atoms with van der Waals surface area (Å²) in [6.07, 6.45) is 1.90. The number of anilines is 1. The van der Waals surface area contributed by atoms with Crippen molar-refractivity contribution in [3.05, 3.63) is 83.4 Å². The third-order valence-electron chi connectivity index (χ3n) is 4.73. The molecule has 0 aliphatic rings. The molecule has 2 aromatic heterocycles. The van der Waals surface area contributed by atoms with Crippen LogP contribution in [0.1, 0.15) is 16.8 Å². The SMILES string of the molecule is COc1ccc(CC(=O)N(Cc2ccccn2)c2nc3ccc(F)cc3s2)cc1C. The summed E-state index contributed by atoms with van der Waals surface area (Å²) < 4.78 is 19.6. The van der Waals surface area contributed by atoms with Gasteiger partial charge in [0.15, 0.2) is 5.13 Å². The Morgan fingerprint density at radius 2 is 2.03 bits per heavy atom. The minimum Gasteiger partial charge on any atom is -0.496 e. The maximum absolute atomic E-state index is 13.6. The monoisotopic (exact) mass is 421 g/mol. The average molecular weight is 421 g/mol. The Bertz CT molecular complexity index is 1190. The molecule has 2 heterocycles. The maximum atomic E-state index is 13.6. The first kappa shape index (κ1) is 20.0. The van der Waals surface area contributed by atoms with Crippen molar-refractivity contribution in [2.45, 2.75) is 19.9 Å². The Morgan fingerprint density at radius 1 is 1.17 bits per heavy atom. The highest BCUT2D eigenvalue weighted by Crippen LogP contribution is 2.31. The van der Waals surface area contributed by atoms with Crippen LogP contribution in [-0.4, -0.2) is 23.0 Å². The Labute approximate surface area is 177 Å². The van der Waals surface area contributed by atoms with Crippen LogP contribution < -0.4 is 9.64 Å². The van der Waals surface area contributed by atoms with E-state index in [1.54, 1.807) is 24.3 Å². The topological polar surface area (TPSA) is 55.3 Å². The molecule has 4 aromatic rings. The summed E-state index contributed by atoms with van der Waals surface area (Å²) in [5.74, 6) is 0.350. The highest BCUT2D eigenvalue weighted by molar-refractivity contribution is 7.22. The van der Waals surface area contributed by atoms with E-state index in [0.29, 0.717) is 15.3 Å². The summed E-state index contributed by atoms with van der Waals surface area (Å²) in [5.41, 5.74) is 3.27. The molecule has 0 atom stereocenters. The molecule has 0 saturated carbocycles. The van der Waals surface area contributed by atoms with E-state index in [9.17, 15) is 9.18 Å². The van der Waals surface area contributed by atoms with Crippen LogP contribution in [0.15, 0.2) is 60.8 Å². The van der Waals surface area contributed by atoms with Gasteiger partial charge in [0.1, 0.15) is 11.6 Å². The molecule has 0 saturated heterocycles. The minimum atomic E-state index is -0.325. The van der Waals surface area contributed by atoms with Crippen molar-refractivity contribution in [3.8, 4) is 5.75 Å². The summed E-state index contributed by atoms with van der Waals surface area (Å²) in [4.78, 5) is 23.8. The van der Waals surface area contributed by atoms with E-state index in [2.05, 4.69) is 9.97 Å². The number of methoxy groups -OCH3 is 1. The summed E-state index contributed by atoms with van der Waals surface area (Å²) in [6.45, 7) is 2.23. The van der Waals surface area contributed by atoms with Crippen LogP contribution in [0.5, 0.6) is 5.75 Å². The molecule has 0 aliphatic heterocycles. The first-order chi connectivity index (χ1) is 14.5. The van der Waals surface area contributed by atoms with Crippen molar-refractivity contribution in [2.75, 3.05) is 12.0 Å². The van der Waals surface area contributed by atoms with E-state index in [-0.39, 0.29) is 24.7 Å². The van der Waals surface area contributed by atoms with Crippen LogP contribution in [0.4, 0.5) is 9.52 Å². The lowest BCUT2D eigenvalue weighted by Gasteiger charge is -2.20. The third-order valence-corrected chi connectivity index (χ3v) is 5.77. The summed E-state index contributed by atoms with van der Waals surface area (Å²) in [7, 11) is 1.62. The number of nitrogens with zero attached hydrogens (tertiary/aromatic N) is 3. The van der Waals surface area contributed by atoms with Gasteiger partial charge in [-0.3, -0.25) is 14.7 Å². The van der Waals surface area contributed by atoms with Gasteiger partial charge in [-0.15, -0.1) is 0 Å². The molecule has 7 heteroatoms. The Morgan fingerprint density at radius 3 is 2.77 bits per heavy atom. The quantitative estimate of drug-likeness (QED) is 0.443. The highest BCUT2D eigenvalue weighted by Gasteiger charge is 2.21. The van der Waals surface area contributed by atoms with Gasteiger partial charge in [0.2, 0.25) is 5.91 Å². The Kier molecular flexibility index (Phi) is 5.72. The second-order valence-electron chi connectivity index (χ2n) is 6.89. The standard InChI is InChI=1S/C23H20FN3O2S/c1-15-11-16(6-9-20(15)29-2)12-22(28)27(14-18-5-3-4-10-25-18)23-26-19-8-7-17(24)13-21(19)30-23/h3-11,13H,12,14H2,1-2H3. The fourth-order valence-corrected chi connectivity index (χ4v) is 4.25. The van der Waals surface area contributed by atoms with Gasteiger partial charge in [0.25, 0.3) is 0 Å². The lowest BCUT2D eigenvalue weighted by molar-refractivity contribution is -0.118. The number of pyridine rings is 1. The fraction of sp³-hybridized carbons (Fsp3) is 0.174. The molecule has 0 aliphatic carbocycles. The van der Waals surface area contributed by atoms with Crippen molar-refractivity contribution in [1.29, 1.82) is 0 Å². The largest absolute Gasteiger partial charge is 0.496 e. The molecule has 4 rings (SSSR count). The van der Waals surface area contributed by atoms with E-state index in [1.165, 1.54) is 23.5 Å². The number of aryl methyl sites for hydroxylation is 1. The van der Waals surface area contributed by atoms with Crippen LogP contribution in [-0.2, 0) is 17.8 Å². The lowest BCUT2D eigenvalue weighted by atomic mass is 10.1. The van der Waals surface area contributed by atoms with E-state index in [4.69, 9.17) is 4.74 Å². The van der Waals surface area contributed by atoms with Crippen LogP contribution in [0.3, 0.4) is 0 Å². The smallest absolute Gasteiger partial charge is 0.233 e. The van der Waals surface area contributed by atoms with Crippen LogP contribution in [0, 0.1) is 12.7 Å². The molecule has 30 heavy (non-hydrogen) atoms. The molecule has 0 bridgehead atoms. The van der Waals surface area contributed by atoms with Gasteiger partial charge >= 0.3 is 0 Å². The van der Waals surface area contributed by atoms with Gasteiger partial charge < -0.3 is 4.74 Å². The van der Waals surface area contributed by atoms with Crippen LogP contribution >= 0.6 is 11.3 Å². The van der Waals surface area contributed by atoms with Crippen molar-refractivity contribution in [2.24, 2.45) is 0 Å². The maximum Gasteiger partial charge on any atom is 0.233 e. The second kappa shape index (κ2) is 8.59. The molecule has 152 valence electrons. The van der Waals surface area contributed by atoms with Gasteiger partial charge in [0, 0.05) is 6.20 Å². The number of amides is 1. The second-order valence-corrected chi connectivity index (χ2v) is 7.90. The molecule has 0 fully saturated rings. The van der Waals surface area contributed by atoms with Crippen molar-refractivity contribution in [1.82, 2.24) is 9.97 Å². The van der Waals surface area contributed by atoms with E-state index >= 15 is 0 Å². The Balaban J connectivity index is 1.66. The van der Waals surface area contributed by atoms with E-state index in [0.717, 1.165) is 22.6 Å². The summed E-state index contributed by atoms with van der Waals surface area (Å²) in [6, 6.07) is 15.7. The Hall–Kier alpha value is -3.32. The summed E-state index contributed by atoms with van der Waals surface area (Å²) in [5, 5.41) is 0.525. The third kappa shape index (κ3) is 4.31. The number of carbonyl (C=O) groups excluding carboxylic acids is 1. The molecule has 0 radical (unpaired) electrons. The lowest BCUT2D eigenvalue weighted by Crippen LogP contribution is -2.32. The van der Waals surface area contributed by atoms with Crippen molar-refractivity contribution in [3.63, 3.8) is 0 Å². The van der Waals surface area contributed by atoms with Crippen molar-refractivity contribution < 1.29 is 13.9 Å². The number of rotatable bonds is 6. The van der Waals surface area contributed by atoms with E-state index in [1.807, 2.05) is 43.3 Å². The van der Waals surface area contributed by atoms with Gasteiger partial charge in [-0.05, 0) is 54.4 Å². The van der Waals surface area contributed by atoms with Crippen LogP contribution in [0.25, 0.3) is 10.2 Å². The van der Waals surface area contributed by atoms with Gasteiger partial charge in [0.05, 0.1) is 36.0 Å². The number of halogens is 1. The fourth-order valence-electron chi connectivity index (χ4n) is 3.24. The average Bonchev–Trinajstić information content (AvgIpc) is 3.15. The number of ether oxygens (including phenoxy) is 1. The highest BCUT2D eigenvalue weighted by atomic mass is 32.1. The number of hydrogen-bond acceptors (Lipinski definition) is 5. The molecule has 1 amide bonds. The number of thiazole rings is 1. The number of benzene rings is 2. The van der Waals surface area contributed by atoms with Gasteiger partial charge in [-0.1, -0.05) is 29.5 Å². The molecular formula is C23H20FN3O2S. The molecular weight excluding hydrogens is 401 g/mol. The number of aromatic nitrogens is 2. The molecule has 0 spiro atoms. The zero-order valence-corrected chi connectivity index (χ0v) is 17.4. The number of carbonyl (C=O) groups is 1.